The molecule has 0 spiro atoms. The molecule has 2 aliphatic rings. The summed E-state index contributed by atoms with van der Waals surface area (Å²) in [5, 5.41) is 12.7. The summed E-state index contributed by atoms with van der Waals surface area (Å²) < 4.78 is 11.0. The third-order valence-electron chi connectivity index (χ3n) is 9.06. The maximum atomic E-state index is 14.3. The Hall–Kier alpha value is -4.58. The van der Waals surface area contributed by atoms with Crippen molar-refractivity contribution in [2.45, 2.75) is 24.2 Å². The zero-order chi connectivity index (χ0) is 30.9. The van der Waals surface area contributed by atoms with Crippen LogP contribution in [-0.2, 0) is 19.1 Å². The predicted molar refractivity (Wildman–Crippen MR) is 159 cm³/mol. The van der Waals surface area contributed by atoms with Crippen molar-refractivity contribution in [2.75, 3.05) is 34.4 Å². The van der Waals surface area contributed by atoms with Crippen molar-refractivity contribution in [1.29, 1.82) is 0 Å². The number of rotatable bonds is 7. The fourth-order valence-electron chi connectivity index (χ4n) is 7.47. The van der Waals surface area contributed by atoms with Crippen molar-refractivity contribution >= 4 is 11.9 Å². The second-order valence-corrected chi connectivity index (χ2v) is 11.3. The minimum atomic E-state index is -1.70. The average Bonchev–Trinajstić information content (AvgIpc) is 3.07. The van der Waals surface area contributed by atoms with Crippen LogP contribution in [0.3, 0.4) is 0 Å². The number of fused-ring (bicyclic) bond motifs is 2. The van der Waals surface area contributed by atoms with Crippen LogP contribution in [0.4, 0.5) is 0 Å². The van der Waals surface area contributed by atoms with Gasteiger partial charge in [-0.2, -0.15) is 0 Å². The number of piperidine rings is 2. The van der Waals surface area contributed by atoms with Gasteiger partial charge in [-0.15, -0.1) is 0 Å². The van der Waals surface area contributed by atoms with Crippen LogP contribution in [0.5, 0.6) is 0 Å². The number of hydrogen-bond donors (Lipinski definition) is 1. The highest BCUT2D eigenvalue weighted by atomic mass is 16.5. The molecule has 1 unspecified atom stereocenters. The lowest BCUT2D eigenvalue weighted by molar-refractivity contribution is -0.252. The van der Waals surface area contributed by atoms with Crippen molar-refractivity contribution in [1.82, 2.24) is 29.7 Å². The van der Waals surface area contributed by atoms with E-state index in [-0.39, 0.29) is 13.1 Å². The van der Waals surface area contributed by atoms with Crippen LogP contribution < -0.4 is 0 Å². The predicted octanol–water partition coefficient (Wildman–Crippen LogP) is 2.78. The highest BCUT2D eigenvalue weighted by molar-refractivity contribution is 5.86. The zero-order valence-electron chi connectivity index (χ0n) is 24.7. The Balaban J connectivity index is 1.68. The standard InChI is InChI=1S/C33H34N6O5/c1-38-27(24-14-6-10-18-36-24)32(30(41)43-2)20-39(26(22-12-4-8-16-34-22)23-13-5-9-17-35-23)21-33(29(32)40,31(42)44-3)28(38)25-15-7-11-19-37-25/h4-19,26-29,40H,20-21H2,1-3H3/t27-,28+,29?,32-,33+. The third kappa shape index (κ3) is 4.47. The van der Waals surface area contributed by atoms with Crippen LogP contribution in [0.2, 0.25) is 0 Å². The van der Waals surface area contributed by atoms with Gasteiger partial charge in [0.1, 0.15) is 10.8 Å². The normalized spacial score (nSPS) is 27.1. The van der Waals surface area contributed by atoms with Crippen LogP contribution >= 0.6 is 0 Å². The molecular formula is C33H34N6O5. The van der Waals surface area contributed by atoms with Crippen molar-refractivity contribution in [2.24, 2.45) is 10.8 Å². The first-order valence-electron chi connectivity index (χ1n) is 14.3. The summed E-state index contributed by atoms with van der Waals surface area (Å²) in [7, 11) is 4.40. The van der Waals surface area contributed by atoms with Gasteiger partial charge in [0.15, 0.2) is 0 Å². The highest BCUT2D eigenvalue weighted by Crippen LogP contribution is 2.63. The molecule has 0 radical (unpaired) electrons. The molecule has 44 heavy (non-hydrogen) atoms. The Kier molecular flexibility index (Phi) is 7.93. The molecule has 5 atom stereocenters. The van der Waals surface area contributed by atoms with Gasteiger partial charge in [-0.1, -0.05) is 24.3 Å². The summed E-state index contributed by atoms with van der Waals surface area (Å²) in [6.07, 6.45) is 5.12. The molecule has 6 heterocycles. The maximum absolute atomic E-state index is 14.3. The van der Waals surface area contributed by atoms with Gasteiger partial charge in [0, 0.05) is 37.9 Å². The minimum Gasteiger partial charge on any atom is -0.468 e. The van der Waals surface area contributed by atoms with E-state index in [4.69, 9.17) is 9.47 Å². The summed E-state index contributed by atoms with van der Waals surface area (Å²) in [4.78, 5) is 51.2. The van der Waals surface area contributed by atoms with Gasteiger partial charge >= 0.3 is 11.9 Å². The average molecular weight is 595 g/mol. The first-order chi connectivity index (χ1) is 21.4. The summed E-state index contributed by atoms with van der Waals surface area (Å²) in [6.45, 7) is -0.00413. The van der Waals surface area contributed by atoms with E-state index >= 15 is 0 Å². The van der Waals surface area contributed by atoms with Crippen LogP contribution in [-0.4, -0.2) is 87.2 Å². The molecule has 2 fully saturated rings. The largest absolute Gasteiger partial charge is 0.468 e. The monoisotopic (exact) mass is 594 g/mol. The number of aromatic nitrogens is 4. The summed E-state index contributed by atoms with van der Waals surface area (Å²) >= 11 is 0. The number of esters is 2. The van der Waals surface area contributed by atoms with Gasteiger partial charge in [-0.3, -0.25) is 39.3 Å². The van der Waals surface area contributed by atoms with Gasteiger partial charge in [-0.05, 0) is 55.6 Å². The van der Waals surface area contributed by atoms with E-state index in [1.165, 1.54) is 14.2 Å². The molecule has 2 bridgehead atoms. The lowest BCUT2D eigenvalue weighted by Crippen LogP contribution is -2.77. The van der Waals surface area contributed by atoms with E-state index in [1.807, 2.05) is 77.5 Å². The van der Waals surface area contributed by atoms with Crippen molar-refractivity contribution < 1.29 is 24.2 Å². The molecule has 0 saturated carbocycles. The first-order valence-corrected chi connectivity index (χ1v) is 14.3. The minimum absolute atomic E-state index is 0.00206. The first kappa shape index (κ1) is 29.5. The topological polar surface area (TPSA) is 131 Å². The van der Waals surface area contributed by atoms with E-state index in [2.05, 4.69) is 19.9 Å². The fourth-order valence-corrected chi connectivity index (χ4v) is 7.47. The third-order valence-corrected chi connectivity index (χ3v) is 9.06. The molecule has 226 valence electrons. The van der Waals surface area contributed by atoms with E-state index in [0.717, 1.165) is 0 Å². The van der Waals surface area contributed by atoms with E-state index in [1.54, 1.807) is 36.9 Å². The Labute approximate surface area is 255 Å². The number of carbonyl (C=O) groups is 2. The van der Waals surface area contributed by atoms with Crippen LogP contribution in [0.15, 0.2) is 97.6 Å². The van der Waals surface area contributed by atoms with Crippen LogP contribution in [0.1, 0.15) is 40.9 Å². The van der Waals surface area contributed by atoms with Crippen molar-refractivity contribution in [3.05, 3.63) is 120 Å². The van der Waals surface area contributed by atoms with Gasteiger partial charge in [0.2, 0.25) is 0 Å². The number of methoxy groups -OCH3 is 2. The van der Waals surface area contributed by atoms with Crippen LogP contribution in [0, 0.1) is 10.8 Å². The molecule has 2 saturated heterocycles. The maximum Gasteiger partial charge on any atom is 0.317 e. The molecule has 4 aromatic heterocycles. The lowest BCUT2D eigenvalue weighted by atomic mass is 9.53. The summed E-state index contributed by atoms with van der Waals surface area (Å²) in [6, 6.07) is 19.8. The quantitative estimate of drug-likeness (QED) is 0.317. The Morgan fingerprint density at radius 3 is 1.48 bits per heavy atom. The number of likely N-dealkylation sites (tertiary alicyclic amines) is 2. The number of aliphatic hydroxyl groups excluding tert-OH is 1. The smallest absolute Gasteiger partial charge is 0.317 e. The molecule has 6 rings (SSSR count). The molecule has 0 aliphatic carbocycles. The number of nitrogens with zero attached hydrogens (tertiary/aromatic N) is 6. The number of hydrogen-bond acceptors (Lipinski definition) is 11. The lowest BCUT2D eigenvalue weighted by Gasteiger charge is -2.65. The Morgan fingerprint density at radius 2 is 1.14 bits per heavy atom. The Morgan fingerprint density at radius 1 is 0.727 bits per heavy atom. The molecule has 0 aromatic carbocycles. The number of aliphatic hydroxyl groups is 1. The molecule has 0 amide bonds. The number of pyridine rings is 4. The fraction of sp³-hybridized carbons (Fsp3) is 0.333. The molecule has 1 N–H and O–H groups in total. The van der Waals surface area contributed by atoms with Gasteiger partial charge in [0.25, 0.3) is 0 Å². The van der Waals surface area contributed by atoms with E-state index in [9.17, 15) is 14.7 Å². The number of ether oxygens (including phenoxy) is 2. The van der Waals surface area contributed by atoms with Crippen molar-refractivity contribution in [3.8, 4) is 0 Å². The molecule has 11 nitrogen and oxygen atoms in total. The second kappa shape index (κ2) is 11.8. The summed E-state index contributed by atoms with van der Waals surface area (Å²) in [5.41, 5.74) is -0.995. The SMILES string of the molecule is COC(=O)[C@@]12CN(C(c3ccccn3)c3ccccn3)C[C@@](C(=O)OC)(C1O)[C@H](c1ccccn1)N(C)[C@@H]2c1ccccn1. The highest BCUT2D eigenvalue weighted by Gasteiger charge is 2.75. The van der Waals surface area contributed by atoms with Gasteiger partial charge in [0.05, 0.1) is 61.2 Å². The molecule has 2 aliphatic heterocycles. The molecule has 11 heteroatoms. The van der Waals surface area contributed by atoms with Gasteiger partial charge < -0.3 is 14.6 Å². The molecular weight excluding hydrogens is 560 g/mol. The van der Waals surface area contributed by atoms with E-state index < -0.39 is 47.0 Å². The summed E-state index contributed by atoms with van der Waals surface area (Å²) in [5.74, 6) is -1.35. The molecule has 4 aromatic rings. The van der Waals surface area contributed by atoms with Crippen LogP contribution in [0.25, 0.3) is 0 Å². The second-order valence-electron chi connectivity index (χ2n) is 11.3. The van der Waals surface area contributed by atoms with E-state index in [0.29, 0.717) is 22.8 Å². The van der Waals surface area contributed by atoms with Crippen molar-refractivity contribution in [3.63, 3.8) is 0 Å². The number of carbonyl (C=O) groups excluding carboxylic acids is 2. The van der Waals surface area contributed by atoms with Gasteiger partial charge in [-0.25, -0.2) is 0 Å². The zero-order valence-corrected chi connectivity index (χ0v) is 24.7. The Bertz CT molecular complexity index is 1480.